The van der Waals surface area contributed by atoms with Crippen LogP contribution in [0.5, 0.6) is 0 Å². The Kier molecular flexibility index (Phi) is 2.87. The number of pyridine rings is 1. The van der Waals surface area contributed by atoms with Gasteiger partial charge in [0.25, 0.3) is 0 Å². The summed E-state index contributed by atoms with van der Waals surface area (Å²) in [7, 11) is 0. The summed E-state index contributed by atoms with van der Waals surface area (Å²) in [5, 5.41) is 3.96. The molecule has 5 rings (SSSR count). The van der Waals surface area contributed by atoms with E-state index in [2.05, 4.69) is 22.4 Å². The number of aromatic nitrogens is 1. The van der Waals surface area contributed by atoms with E-state index in [-0.39, 0.29) is 0 Å². The quantitative estimate of drug-likeness (QED) is 0.895. The second-order valence-corrected chi connectivity index (χ2v) is 7.23. The first-order valence-electron chi connectivity index (χ1n) is 7.95. The topological polar surface area (TPSA) is 24.9 Å². The molecule has 4 bridgehead atoms. The van der Waals surface area contributed by atoms with Crippen LogP contribution in [0.15, 0.2) is 24.5 Å². The largest absolute Gasteiger partial charge is 0.311 e. The van der Waals surface area contributed by atoms with Crippen LogP contribution in [0.3, 0.4) is 0 Å². The van der Waals surface area contributed by atoms with Crippen molar-refractivity contribution >= 4 is 0 Å². The Bertz CT molecular complexity index is 405. The van der Waals surface area contributed by atoms with E-state index in [0.29, 0.717) is 5.54 Å². The van der Waals surface area contributed by atoms with Crippen LogP contribution in [0.25, 0.3) is 0 Å². The molecule has 0 amide bonds. The standard InChI is InChI=1S/C17H24N2/c1-4-18-5-2-13(1)3-6-19-17-10-14-7-15(11-17)9-16(8-14)12-17/h1-2,4-5,14-16,19H,3,6-12H2. The van der Waals surface area contributed by atoms with Crippen molar-refractivity contribution in [1.82, 2.24) is 10.3 Å². The van der Waals surface area contributed by atoms with Gasteiger partial charge in [-0.3, -0.25) is 4.98 Å². The molecule has 0 aliphatic heterocycles. The van der Waals surface area contributed by atoms with Gasteiger partial charge in [0, 0.05) is 17.9 Å². The Morgan fingerprint density at radius 1 is 1.00 bits per heavy atom. The third-order valence-electron chi connectivity index (χ3n) is 5.70. The summed E-state index contributed by atoms with van der Waals surface area (Å²) in [6.45, 7) is 1.14. The van der Waals surface area contributed by atoms with Crippen LogP contribution in [-0.4, -0.2) is 17.1 Å². The number of rotatable bonds is 4. The van der Waals surface area contributed by atoms with Gasteiger partial charge in [-0.25, -0.2) is 0 Å². The molecule has 1 aromatic rings. The van der Waals surface area contributed by atoms with E-state index < -0.39 is 0 Å². The van der Waals surface area contributed by atoms with Crippen molar-refractivity contribution in [2.45, 2.75) is 50.5 Å². The van der Waals surface area contributed by atoms with Crippen molar-refractivity contribution in [2.75, 3.05) is 6.54 Å². The predicted octanol–water partition coefficient (Wildman–Crippen LogP) is 3.18. The second kappa shape index (κ2) is 4.59. The van der Waals surface area contributed by atoms with Gasteiger partial charge in [-0.15, -0.1) is 0 Å². The molecule has 4 saturated carbocycles. The van der Waals surface area contributed by atoms with Gasteiger partial charge < -0.3 is 5.32 Å². The first-order valence-corrected chi connectivity index (χ1v) is 7.95. The molecule has 1 N–H and O–H groups in total. The molecule has 0 aromatic carbocycles. The molecule has 0 saturated heterocycles. The van der Waals surface area contributed by atoms with Crippen LogP contribution in [0.2, 0.25) is 0 Å². The number of nitrogens with one attached hydrogen (secondary N) is 1. The highest BCUT2D eigenvalue weighted by Gasteiger charge is 2.50. The van der Waals surface area contributed by atoms with Crippen molar-refractivity contribution in [2.24, 2.45) is 17.8 Å². The smallest absolute Gasteiger partial charge is 0.0270 e. The van der Waals surface area contributed by atoms with Crippen molar-refractivity contribution in [3.05, 3.63) is 30.1 Å². The van der Waals surface area contributed by atoms with Gasteiger partial charge in [0.15, 0.2) is 0 Å². The van der Waals surface area contributed by atoms with Crippen LogP contribution in [0, 0.1) is 17.8 Å². The van der Waals surface area contributed by atoms with Crippen LogP contribution in [0.1, 0.15) is 44.1 Å². The SMILES string of the molecule is c1cc(CCNC23CC4CC(CC(C4)C2)C3)ccn1. The molecule has 4 aliphatic carbocycles. The Hall–Kier alpha value is -0.890. The average molecular weight is 256 g/mol. The van der Waals surface area contributed by atoms with Crippen molar-refractivity contribution in [3.8, 4) is 0 Å². The summed E-state index contributed by atoms with van der Waals surface area (Å²) in [6, 6.07) is 4.28. The zero-order valence-electron chi connectivity index (χ0n) is 11.6. The molecule has 4 aliphatic rings. The molecular formula is C17H24N2. The summed E-state index contributed by atoms with van der Waals surface area (Å²) >= 11 is 0. The van der Waals surface area contributed by atoms with E-state index in [4.69, 9.17) is 0 Å². The Balaban J connectivity index is 1.38. The van der Waals surface area contributed by atoms with Crippen LogP contribution in [-0.2, 0) is 6.42 Å². The zero-order chi connectivity index (χ0) is 12.7. The molecule has 19 heavy (non-hydrogen) atoms. The van der Waals surface area contributed by atoms with E-state index in [1.165, 1.54) is 44.1 Å². The van der Waals surface area contributed by atoms with Gasteiger partial charge in [-0.1, -0.05) is 0 Å². The van der Waals surface area contributed by atoms with Gasteiger partial charge in [-0.05, 0) is 86.9 Å². The molecule has 1 heterocycles. The monoisotopic (exact) mass is 256 g/mol. The number of hydrogen-bond donors (Lipinski definition) is 1. The Labute approximate surface area is 116 Å². The molecule has 2 nitrogen and oxygen atoms in total. The molecule has 102 valence electrons. The molecule has 0 unspecified atom stereocenters. The fourth-order valence-electron chi connectivity index (χ4n) is 5.35. The third kappa shape index (κ3) is 2.31. The second-order valence-electron chi connectivity index (χ2n) is 7.23. The minimum atomic E-state index is 0.516. The van der Waals surface area contributed by atoms with Crippen molar-refractivity contribution < 1.29 is 0 Å². The molecule has 0 atom stereocenters. The van der Waals surface area contributed by atoms with Crippen molar-refractivity contribution in [1.29, 1.82) is 0 Å². The van der Waals surface area contributed by atoms with E-state index in [0.717, 1.165) is 30.7 Å². The summed E-state index contributed by atoms with van der Waals surface area (Å²) in [5.74, 6) is 3.12. The molecule has 2 heteroatoms. The van der Waals surface area contributed by atoms with Crippen LogP contribution >= 0.6 is 0 Å². The molecule has 0 radical (unpaired) electrons. The highest BCUT2D eigenvalue weighted by atomic mass is 15.0. The fourth-order valence-corrected chi connectivity index (χ4v) is 5.35. The first-order chi connectivity index (χ1) is 9.31. The number of nitrogens with zero attached hydrogens (tertiary/aromatic N) is 1. The summed E-state index contributed by atoms with van der Waals surface area (Å²) in [4.78, 5) is 4.09. The third-order valence-corrected chi connectivity index (χ3v) is 5.70. The zero-order valence-corrected chi connectivity index (χ0v) is 11.6. The van der Waals surface area contributed by atoms with Gasteiger partial charge in [-0.2, -0.15) is 0 Å². The lowest BCUT2D eigenvalue weighted by atomic mass is 9.53. The molecule has 1 aromatic heterocycles. The van der Waals surface area contributed by atoms with Gasteiger partial charge in [0.1, 0.15) is 0 Å². The molecule has 0 spiro atoms. The van der Waals surface area contributed by atoms with Gasteiger partial charge in [0.05, 0.1) is 0 Å². The lowest BCUT2D eigenvalue weighted by Gasteiger charge is -2.57. The maximum atomic E-state index is 4.09. The van der Waals surface area contributed by atoms with Crippen LogP contribution < -0.4 is 5.32 Å². The predicted molar refractivity (Wildman–Crippen MR) is 76.8 cm³/mol. The van der Waals surface area contributed by atoms with Gasteiger partial charge in [0.2, 0.25) is 0 Å². The van der Waals surface area contributed by atoms with E-state index in [9.17, 15) is 0 Å². The summed E-state index contributed by atoms with van der Waals surface area (Å²) in [5.41, 5.74) is 1.93. The highest BCUT2D eigenvalue weighted by molar-refractivity contribution is 5.11. The first kappa shape index (κ1) is 11.9. The highest BCUT2D eigenvalue weighted by Crippen LogP contribution is 2.55. The summed E-state index contributed by atoms with van der Waals surface area (Å²) in [6.07, 6.45) is 13.9. The van der Waals surface area contributed by atoms with E-state index in [1.54, 1.807) is 0 Å². The maximum absolute atomic E-state index is 4.09. The lowest BCUT2D eigenvalue weighted by Crippen LogP contribution is -2.58. The van der Waals surface area contributed by atoms with E-state index >= 15 is 0 Å². The Morgan fingerprint density at radius 3 is 2.16 bits per heavy atom. The minimum Gasteiger partial charge on any atom is -0.311 e. The number of hydrogen-bond acceptors (Lipinski definition) is 2. The summed E-state index contributed by atoms with van der Waals surface area (Å²) < 4.78 is 0. The average Bonchev–Trinajstić information content (AvgIpc) is 2.38. The normalized spacial score (nSPS) is 39.7. The Morgan fingerprint density at radius 2 is 1.58 bits per heavy atom. The van der Waals surface area contributed by atoms with Gasteiger partial charge >= 0.3 is 0 Å². The molecule has 4 fully saturated rings. The van der Waals surface area contributed by atoms with Crippen molar-refractivity contribution in [3.63, 3.8) is 0 Å². The van der Waals surface area contributed by atoms with Crippen LogP contribution in [0.4, 0.5) is 0 Å². The fraction of sp³-hybridized carbons (Fsp3) is 0.706. The molecular weight excluding hydrogens is 232 g/mol. The lowest BCUT2D eigenvalue weighted by molar-refractivity contribution is -0.0192. The van der Waals surface area contributed by atoms with E-state index in [1.807, 2.05) is 12.4 Å². The maximum Gasteiger partial charge on any atom is 0.0270 e. The minimum absolute atomic E-state index is 0.516.